The van der Waals surface area contributed by atoms with Crippen LogP contribution in [0.4, 0.5) is 5.95 Å². The van der Waals surface area contributed by atoms with E-state index in [4.69, 9.17) is 15.7 Å². The van der Waals surface area contributed by atoms with Gasteiger partial charge in [-0.25, -0.2) is 18.4 Å². The molecule has 2 N–H and O–H groups in total. The van der Waals surface area contributed by atoms with Crippen LogP contribution in [0, 0.1) is 11.3 Å². The number of nitrogens with two attached hydrogens (primary N) is 1. The van der Waals surface area contributed by atoms with Crippen molar-refractivity contribution in [3.05, 3.63) is 12.4 Å². The lowest BCUT2D eigenvalue weighted by Gasteiger charge is -2.28. The summed E-state index contributed by atoms with van der Waals surface area (Å²) in [6.07, 6.45) is 1.55. The van der Waals surface area contributed by atoms with E-state index in [9.17, 15) is 8.42 Å². The zero-order valence-corrected chi connectivity index (χ0v) is 10.2. The van der Waals surface area contributed by atoms with E-state index < -0.39 is 16.1 Å². The average Bonchev–Trinajstić information content (AvgIpc) is 2.39. The van der Waals surface area contributed by atoms with E-state index in [-0.39, 0.29) is 30.5 Å². The van der Waals surface area contributed by atoms with Gasteiger partial charge in [0.25, 0.3) is 0 Å². The van der Waals surface area contributed by atoms with Crippen molar-refractivity contribution in [1.82, 2.24) is 14.3 Å². The third kappa shape index (κ3) is 2.40. The van der Waals surface area contributed by atoms with Crippen LogP contribution < -0.4 is 5.73 Å². The SMILES string of the molecule is N#CC1CN(S(=O)(=O)c2cnc(N)nc2)CCO1. The molecule has 18 heavy (non-hydrogen) atoms. The van der Waals surface area contributed by atoms with Gasteiger partial charge in [-0.3, -0.25) is 0 Å². The largest absolute Gasteiger partial charge is 0.368 e. The maximum Gasteiger partial charge on any atom is 0.246 e. The highest BCUT2D eigenvalue weighted by molar-refractivity contribution is 7.89. The van der Waals surface area contributed by atoms with Crippen LogP contribution in [-0.2, 0) is 14.8 Å². The van der Waals surface area contributed by atoms with Crippen molar-refractivity contribution in [2.75, 3.05) is 25.4 Å². The normalized spacial score (nSPS) is 21.4. The number of anilines is 1. The molecule has 1 unspecified atom stereocenters. The maximum absolute atomic E-state index is 12.2. The van der Waals surface area contributed by atoms with Crippen molar-refractivity contribution in [2.24, 2.45) is 0 Å². The van der Waals surface area contributed by atoms with Gasteiger partial charge in [0.05, 0.1) is 31.6 Å². The molecule has 0 bridgehead atoms. The van der Waals surface area contributed by atoms with Crippen molar-refractivity contribution >= 4 is 16.0 Å². The lowest BCUT2D eigenvalue weighted by Crippen LogP contribution is -2.45. The fourth-order valence-corrected chi connectivity index (χ4v) is 2.85. The molecule has 0 radical (unpaired) electrons. The molecule has 8 nitrogen and oxygen atoms in total. The Bertz CT molecular complexity index is 565. The summed E-state index contributed by atoms with van der Waals surface area (Å²) in [4.78, 5) is 7.24. The lowest BCUT2D eigenvalue weighted by atomic mass is 10.3. The molecular weight excluding hydrogens is 258 g/mol. The van der Waals surface area contributed by atoms with Crippen molar-refractivity contribution in [2.45, 2.75) is 11.0 Å². The predicted octanol–water partition coefficient (Wildman–Crippen LogP) is -1.03. The van der Waals surface area contributed by atoms with Gasteiger partial charge in [0.1, 0.15) is 4.90 Å². The maximum atomic E-state index is 12.2. The quantitative estimate of drug-likeness (QED) is 0.728. The van der Waals surface area contributed by atoms with E-state index in [1.165, 1.54) is 4.31 Å². The molecule has 1 saturated heterocycles. The minimum Gasteiger partial charge on any atom is -0.368 e. The van der Waals surface area contributed by atoms with E-state index in [0.29, 0.717) is 0 Å². The summed E-state index contributed by atoms with van der Waals surface area (Å²) in [5.74, 6) is 0.00540. The zero-order valence-electron chi connectivity index (χ0n) is 9.35. The summed E-state index contributed by atoms with van der Waals surface area (Å²) in [5.41, 5.74) is 5.30. The van der Waals surface area contributed by atoms with Crippen LogP contribution in [0.25, 0.3) is 0 Å². The molecule has 1 aromatic rings. The first kappa shape index (κ1) is 12.7. The fraction of sp³-hybridized carbons (Fsp3) is 0.444. The molecule has 0 saturated carbocycles. The highest BCUT2D eigenvalue weighted by atomic mass is 32.2. The summed E-state index contributed by atoms with van der Waals surface area (Å²) in [6.45, 7) is 0.390. The molecule has 0 aliphatic carbocycles. The second-order valence-electron chi connectivity index (χ2n) is 3.63. The molecule has 1 aliphatic heterocycles. The topological polar surface area (TPSA) is 122 Å². The van der Waals surface area contributed by atoms with Crippen molar-refractivity contribution in [1.29, 1.82) is 5.26 Å². The van der Waals surface area contributed by atoms with Gasteiger partial charge in [0.2, 0.25) is 16.0 Å². The first-order valence-corrected chi connectivity index (χ1v) is 6.57. The van der Waals surface area contributed by atoms with Crippen molar-refractivity contribution in [3.63, 3.8) is 0 Å². The molecule has 1 atom stereocenters. The van der Waals surface area contributed by atoms with E-state index in [1.54, 1.807) is 0 Å². The Balaban J connectivity index is 2.26. The molecule has 1 aromatic heterocycles. The Hall–Kier alpha value is -1.76. The van der Waals surface area contributed by atoms with Gasteiger partial charge in [0.15, 0.2) is 6.10 Å². The monoisotopic (exact) mass is 269 g/mol. The van der Waals surface area contributed by atoms with Crippen LogP contribution in [0.1, 0.15) is 0 Å². The van der Waals surface area contributed by atoms with Gasteiger partial charge in [-0.05, 0) is 0 Å². The number of rotatable bonds is 2. The van der Waals surface area contributed by atoms with Gasteiger partial charge in [-0.15, -0.1) is 0 Å². The van der Waals surface area contributed by atoms with E-state index in [1.807, 2.05) is 6.07 Å². The smallest absolute Gasteiger partial charge is 0.246 e. The van der Waals surface area contributed by atoms with Gasteiger partial charge in [0, 0.05) is 6.54 Å². The summed E-state index contributed by atoms with van der Waals surface area (Å²) in [6, 6.07) is 1.89. The molecule has 1 fully saturated rings. The van der Waals surface area contributed by atoms with Gasteiger partial charge in [-0.1, -0.05) is 0 Å². The molecule has 9 heteroatoms. The van der Waals surface area contributed by atoms with E-state index >= 15 is 0 Å². The van der Waals surface area contributed by atoms with Crippen LogP contribution in [0.3, 0.4) is 0 Å². The molecule has 1 aliphatic rings. The summed E-state index contributed by atoms with van der Waals surface area (Å²) in [5, 5.41) is 8.74. The first-order valence-electron chi connectivity index (χ1n) is 5.13. The number of ether oxygens (including phenoxy) is 1. The second-order valence-corrected chi connectivity index (χ2v) is 5.57. The van der Waals surface area contributed by atoms with Crippen molar-refractivity contribution in [3.8, 4) is 6.07 Å². The van der Waals surface area contributed by atoms with Crippen LogP contribution in [0.2, 0.25) is 0 Å². The number of nitrogens with zero attached hydrogens (tertiary/aromatic N) is 4. The molecule has 2 rings (SSSR count). The highest BCUT2D eigenvalue weighted by Gasteiger charge is 2.31. The number of sulfonamides is 1. The van der Waals surface area contributed by atoms with Crippen LogP contribution >= 0.6 is 0 Å². The second kappa shape index (κ2) is 4.85. The molecule has 0 spiro atoms. The summed E-state index contributed by atoms with van der Waals surface area (Å²) in [7, 11) is -3.70. The molecule has 0 aromatic carbocycles. The third-order valence-corrected chi connectivity index (χ3v) is 4.28. The Kier molecular flexibility index (Phi) is 3.42. The lowest BCUT2D eigenvalue weighted by molar-refractivity contribution is 0.0311. The number of nitriles is 1. The number of morpholine rings is 1. The first-order chi connectivity index (χ1) is 8.54. The van der Waals surface area contributed by atoms with Crippen LogP contribution in [0.15, 0.2) is 17.3 Å². The number of hydrogen-bond donors (Lipinski definition) is 1. The van der Waals surface area contributed by atoms with Crippen LogP contribution in [-0.4, -0.2) is 48.5 Å². The standard InChI is InChI=1S/C9H11N5O3S/c10-3-7-6-14(1-2-17-7)18(15,16)8-4-12-9(11)13-5-8/h4-5,7H,1-2,6H2,(H2,11,12,13). The van der Waals surface area contributed by atoms with Crippen LogP contribution in [0.5, 0.6) is 0 Å². The van der Waals surface area contributed by atoms with E-state index in [2.05, 4.69) is 9.97 Å². The van der Waals surface area contributed by atoms with Gasteiger partial charge >= 0.3 is 0 Å². The van der Waals surface area contributed by atoms with Gasteiger partial charge in [-0.2, -0.15) is 9.57 Å². The molecule has 0 amide bonds. The minimum absolute atomic E-state index is 0.00318. The Morgan fingerprint density at radius 2 is 2.17 bits per heavy atom. The van der Waals surface area contributed by atoms with E-state index in [0.717, 1.165) is 12.4 Å². The van der Waals surface area contributed by atoms with Crippen molar-refractivity contribution < 1.29 is 13.2 Å². The van der Waals surface area contributed by atoms with Gasteiger partial charge < -0.3 is 10.5 Å². The highest BCUT2D eigenvalue weighted by Crippen LogP contribution is 2.17. The number of aromatic nitrogens is 2. The molecule has 2 heterocycles. The average molecular weight is 269 g/mol. The summed E-state index contributed by atoms with van der Waals surface area (Å²) >= 11 is 0. The molecular formula is C9H11N5O3S. The zero-order chi connectivity index (χ0) is 13.2. The number of nitrogen functional groups attached to an aromatic ring is 1. The third-order valence-electron chi connectivity index (χ3n) is 2.46. The molecule has 96 valence electrons. The number of hydrogen-bond acceptors (Lipinski definition) is 7. The Labute approximate surface area is 104 Å². The Morgan fingerprint density at radius 1 is 1.50 bits per heavy atom. The summed E-state index contributed by atoms with van der Waals surface area (Å²) < 4.78 is 30.7. The predicted molar refractivity (Wildman–Crippen MR) is 60.6 cm³/mol. The fourth-order valence-electron chi connectivity index (χ4n) is 1.53. The Morgan fingerprint density at radius 3 is 2.78 bits per heavy atom. The minimum atomic E-state index is -3.70.